The van der Waals surface area contributed by atoms with Crippen molar-refractivity contribution in [3.63, 3.8) is 0 Å². The first-order valence-electron chi connectivity index (χ1n) is 8.52. The van der Waals surface area contributed by atoms with E-state index in [1.807, 2.05) is 6.07 Å². The topological polar surface area (TPSA) is 21.6 Å². The minimum absolute atomic E-state index is 0. The number of hydrogen-bond donors (Lipinski definition) is 0. The monoisotopic (exact) mass is 347 g/mol. The summed E-state index contributed by atoms with van der Waals surface area (Å²) in [6, 6.07) is 10.6. The molecule has 2 atom stereocenters. The molecule has 1 aromatic rings. The van der Waals surface area contributed by atoms with Crippen molar-refractivity contribution in [3.05, 3.63) is 42.3 Å². The third-order valence-electron chi connectivity index (χ3n) is 4.59. The molecule has 0 saturated heterocycles. The molecule has 1 aliphatic heterocycles. The van der Waals surface area contributed by atoms with Crippen LogP contribution in [0.4, 0.5) is 0 Å². The van der Waals surface area contributed by atoms with Crippen LogP contribution in [0.2, 0.25) is 0 Å². The maximum atomic E-state index is 5.72. The molecule has 1 aromatic carbocycles. The summed E-state index contributed by atoms with van der Waals surface area (Å²) in [5, 5.41) is 0. The summed E-state index contributed by atoms with van der Waals surface area (Å²) in [5.74, 6) is 1.44. The van der Waals surface area contributed by atoms with E-state index >= 15 is 0 Å². The molecule has 4 heteroatoms. The number of aliphatic imine (C=N–C) groups is 1. The molecule has 0 bridgehead atoms. The van der Waals surface area contributed by atoms with Crippen molar-refractivity contribution < 1.29 is 40.7 Å². The van der Waals surface area contributed by atoms with Crippen molar-refractivity contribution >= 4 is 5.90 Å². The maximum absolute atomic E-state index is 5.72. The largest absolute Gasteiger partial charge is 2.00 e. The van der Waals surface area contributed by atoms with Gasteiger partial charge in [0, 0.05) is 0 Å². The third-order valence-corrected chi connectivity index (χ3v) is 4.59. The van der Waals surface area contributed by atoms with Crippen LogP contribution in [0.1, 0.15) is 63.0 Å². The SMILES string of the molecule is C1CCCC1.[Fe+2].[Li+].c1ccc([C@H]2COC(C3[CH-]CCC3)=N2)cc1. The molecule has 23 heavy (non-hydrogen) atoms. The van der Waals surface area contributed by atoms with E-state index in [1.54, 1.807) is 0 Å². The smallest absolute Gasteiger partial charge is 0.481 e. The van der Waals surface area contributed by atoms with Gasteiger partial charge in [-0.3, -0.25) is 0 Å². The Morgan fingerprint density at radius 3 is 2.17 bits per heavy atom. The maximum Gasteiger partial charge on any atom is 2.00 e. The van der Waals surface area contributed by atoms with Crippen LogP contribution in [-0.4, -0.2) is 12.5 Å². The van der Waals surface area contributed by atoms with Gasteiger partial charge in [0.1, 0.15) is 12.6 Å². The Balaban J connectivity index is 0.000000328. The number of ether oxygens (including phenoxy) is 1. The summed E-state index contributed by atoms with van der Waals surface area (Å²) in [4.78, 5) is 4.70. The predicted octanol–water partition coefficient (Wildman–Crippen LogP) is 2.11. The zero-order valence-corrected chi connectivity index (χ0v) is 15.3. The van der Waals surface area contributed by atoms with E-state index in [0.717, 1.165) is 5.90 Å². The van der Waals surface area contributed by atoms with Crippen LogP contribution in [0.15, 0.2) is 35.3 Å². The van der Waals surface area contributed by atoms with Crippen LogP contribution in [0, 0.1) is 12.3 Å². The molecule has 2 saturated carbocycles. The molecular formula is C19H26FeLiNO+2. The fourth-order valence-electron chi connectivity index (χ4n) is 3.32. The van der Waals surface area contributed by atoms with Gasteiger partial charge in [0.05, 0.1) is 0 Å². The fourth-order valence-corrected chi connectivity index (χ4v) is 3.32. The van der Waals surface area contributed by atoms with Crippen molar-refractivity contribution in [1.29, 1.82) is 0 Å². The summed E-state index contributed by atoms with van der Waals surface area (Å²) in [7, 11) is 0. The molecule has 120 valence electrons. The van der Waals surface area contributed by atoms with Crippen LogP contribution < -0.4 is 18.9 Å². The van der Waals surface area contributed by atoms with Crippen LogP contribution in [0.25, 0.3) is 0 Å². The summed E-state index contributed by atoms with van der Waals surface area (Å²) < 4.78 is 5.72. The molecule has 0 radical (unpaired) electrons. The van der Waals surface area contributed by atoms with Crippen LogP contribution >= 0.6 is 0 Å². The first-order valence-corrected chi connectivity index (χ1v) is 8.52. The summed E-state index contributed by atoms with van der Waals surface area (Å²) in [6.07, 6.45) is 13.5. The zero-order chi connectivity index (χ0) is 14.3. The molecule has 3 aliphatic rings. The average Bonchev–Trinajstić information content (AvgIpc) is 3.30. The molecule has 0 amide bonds. The molecule has 0 N–H and O–H groups in total. The molecule has 0 aromatic heterocycles. The van der Waals surface area contributed by atoms with Crippen molar-refractivity contribution in [2.45, 2.75) is 57.4 Å². The first-order chi connectivity index (χ1) is 10.4. The van der Waals surface area contributed by atoms with Gasteiger partial charge in [-0.05, 0) is 5.56 Å². The fraction of sp³-hybridized carbons (Fsp3) is 0.579. The predicted molar refractivity (Wildman–Crippen MR) is 87.3 cm³/mol. The van der Waals surface area contributed by atoms with Gasteiger partial charge < -0.3 is 11.2 Å². The molecule has 1 unspecified atom stereocenters. The molecule has 2 fully saturated rings. The zero-order valence-electron chi connectivity index (χ0n) is 14.2. The number of nitrogens with zero attached hydrogens (tertiary/aromatic N) is 1. The molecule has 4 rings (SSSR count). The van der Waals surface area contributed by atoms with Gasteiger partial charge >= 0.3 is 35.9 Å². The van der Waals surface area contributed by atoms with E-state index in [4.69, 9.17) is 9.73 Å². The minimum Gasteiger partial charge on any atom is -0.481 e. The number of hydrogen-bond acceptors (Lipinski definition) is 2. The molecule has 0 spiro atoms. The Hall–Kier alpha value is -0.193. The first kappa shape index (κ1) is 20.9. The van der Waals surface area contributed by atoms with Gasteiger partial charge in [-0.2, -0.15) is 6.42 Å². The summed E-state index contributed by atoms with van der Waals surface area (Å²) >= 11 is 0. The van der Waals surface area contributed by atoms with E-state index in [1.165, 1.54) is 56.9 Å². The van der Waals surface area contributed by atoms with E-state index in [0.29, 0.717) is 12.5 Å². The summed E-state index contributed by atoms with van der Waals surface area (Å²) in [6.45, 7) is 0.712. The van der Waals surface area contributed by atoms with E-state index in [-0.39, 0.29) is 42.0 Å². The molecule has 2 nitrogen and oxygen atoms in total. The quantitative estimate of drug-likeness (QED) is 0.593. The van der Waals surface area contributed by atoms with Gasteiger partial charge in [-0.25, -0.2) is 4.99 Å². The Morgan fingerprint density at radius 2 is 1.61 bits per heavy atom. The second-order valence-corrected chi connectivity index (χ2v) is 6.25. The van der Waals surface area contributed by atoms with E-state index in [2.05, 4.69) is 30.7 Å². The van der Waals surface area contributed by atoms with Crippen LogP contribution in [-0.2, 0) is 21.8 Å². The number of rotatable bonds is 2. The van der Waals surface area contributed by atoms with Crippen molar-refractivity contribution in [1.82, 2.24) is 0 Å². The van der Waals surface area contributed by atoms with Gasteiger partial charge in [-0.1, -0.05) is 81.2 Å². The Morgan fingerprint density at radius 1 is 0.957 bits per heavy atom. The number of benzene rings is 1. The average molecular weight is 347 g/mol. The van der Waals surface area contributed by atoms with Gasteiger partial charge in [0.2, 0.25) is 0 Å². The molecular weight excluding hydrogens is 321 g/mol. The van der Waals surface area contributed by atoms with Gasteiger partial charge in [0.25, 0.3) is 0 Å². The second kappa shape index (κ2) is 11.4. The summed E-state index contributed by atoms with van der Waals surface area (Å²) in [5.41, 5.74) is 1.26. The molecule has 1 heterocycles. The van der Waals surface area contributed by atoms with Crippen LogP contribution in [0.5, 0.6) is 0 Å². The Labute approximate surface area is 163 Å². The van der Waals surface area contributed by atoms with Crippen molar-refractivity contribution in [2.24, 2.45) is 10.9 Å². The van der Waals surface area contributed by atoms with Gasteiger partial charge in [-0.15, -0.1) is 0 Å². The van der Waals surface area contributed by atoms with Crippen LogP contribution in [0.3, 0.4) is 0 Å². The minimum atomic E-state index is 0. The Kier molecular flexibility index (Phi) is 10.3. The standard InChI is InChI=1S/C14H16NO.C5H10.Fe.Li/c1-2-6-11(7-3-1)13-10-16-14(15-13)12-8-4-5-9-12;1-2-4-5-3-1;;/h1-3,6-8,12-13H,4-5,9-10H2;1-5H2;;/q-1;;+2;+1/t12?,13-;;;/m1.../s1. The van der Waals surface area contributed by atoms with E-state index < -0.39 is 0 Å². The third kappa shape index (κ3) is 6.31. The van der Waals surface area contributed by atoms with Crippen molar-refractivity contribution in [2.75, 3.05) is 6.61 Å². The normalized spacial score (nSPS) is 25.3. The second-order valence-electron chi connectivity index (χ2n) is 6.25. The van der Waals surface area contributed by atoms with E-state index in [9.17, 15) is 0 Å². The Bertz CT molecular complexity index is 448. The van der Waals surface area contributed by atoms with Crippen molar-refractivity contribution in [3.8, 4) is 0 Å². The van der Waals surface area contributed by atoms with Gasteiger partial charge in [0.15, 0.2) is 5.90 Å². The molecule has 2 aliphatic carbocycles.